The van der Waals surface area contributed by atoms with Gasteiger partial charge in [0.1, 0.15) is 0 Å². The second kappa shape index (κ2) is 5.88. The highest BCUT2D eigenvalue weighted by molar-refractivity contribution is 6.30. The molecule has 2 aromatic heterocycles. The Hall–Kier alpha value is -2.79. The third kappa shape index (κ3) is 2.56. The van der Waals surface area contributed by atoms with Crippen molar-refractivity contribution in [3.63, 3.8) is 0 Å². The minimum absolute atomic E-state index is 0.462. The number of benzene rings is 2. The summed E-state index contributed by atoms with van der Waals surface area (Å²) in [4.78, 5) is 4.88. The van der Waals surface area contributed by atoms with Crippen molar-refractivity contribution in [2.45, 2.75) is 25.7 Å². The van der Waals surface area contributed by atoms with Crippen molar-refractivity contribution in [1.82, 2.24) is 25.0 Å². The number of nitrogens with zero attached hydrogens (tertiary/aromatic N) is 5. The van der Waals surface area contributed by atoms with Gasteiger partial charge in [0.25, 0.3) is 0 Å². The van der Waals surface area contributed by atoms with Crippen LogP contribution in [0.2, 0.25) is 5.02 Å². The average Bonchev–Trinajstić information content (AvgIpc) is 3.41. The van der Waals surface area contributed by atoms with Crippen molar-refractivity contribution in [2.75, 3.05) is 0 Å². The van der Waals surface area contributed by atoms with Crippen molar-refractivity contribution in [3.05, 3.63) is 65.1 Å². The molecule has 0 amide bonds. The quantitative estimate of drug-likeness (QED) is 0.530. The summed E-state index contributed by atoms with van der Waals surface area (Å²) in [7, 11) is 0. The Kier molecular flexibility index (Phi) is 3.50. The van der Waals surface area contributed by atoms with E-state index in [1.807, 2.05) is 54.1 Å². The second-order valence-corrected chi connectivity index (χ2v) is 7.12. The van der Waals surface area contributed by atoms with E-state index in [0.29, 0.717) is 10.9 Å². The first kappa shape index (κ1) is 15.5. The molecule has 0 atom stereocenters. The van der Waals surface area contributed by atoms with Crippen LogP contribution in [0.5, 0.6) is 0 Å². The lowest BCUT2D eigenvalue weighted by Crippen LogP contribution is -2.03. The summed E-state index contributed by atoms with van der Waals surface area (Å²) in [5.41, 5.74) is 3.81. The third-order valence-electron chi connectivity index (χ3n) is 4.74. The molecule has 0 unspecified atom stereocenters. The van der Waals surface area contributed by atoms with Gasteiger partial charge in [-0.1, -0.05) is 29.8 Å². The molecule has 2 heterocycles. The molecule has 1 fully saturated rings. The van der Waals surface area contributed by atoms with Crippen molar-refractivity contribution in [1.29, 1.82) is 0 Å². The van der Waals surface area contributed by atoms with Gasteiger partial charge in [0.15, 0.2) is 11.6 Å². The molecular formula is C20H16ClN5. The molecule has 1 aliphatic carbocycles. The van der Waals surface area contributed by atoms with Crippen molar-refractivity contribution in [2.24, 2.45) is 0 Å². The number of hydrogen-bond donors (Lipinski definition) is 0. The number of aryl methyl sites for hydroxylation is 1. The van der Waals surface area contributed by atoms with Gasteiger partial charge < -0.3 is 0 Å². The van der Waals surface area contributed by atoms with E-state index in [-0.39, 0.29) is 0 Å². The zero-order valence-corrected chi connectivity index (χ0v) is 15.0. The van der Waals surface area contributed by atoms with Crippen LogP contribution < -0.4 is 0 Å². The van der Waals surface area contributed by atoms with E-state index < -0.39 is 0 Å². The average molecular weight is 362 g/mol. The van der Waals surface area contributed by atoms with Gasteiger partial charge in [0.2, 0.25) is 0 Å². The molecule has 0 radical (unpaired) electrons. The summed E-state index contributed by atoms with van der Waals surface area (Å²) in [6.45, 7) is 2.03. The van der Waals surface area contributed by atoms with Crippen LogP contribution in [0.25, 0.3) is 28.0 Å². The maximum Gasteiger partial charge on any atom is 0.165 e. The Labute approximate surface area is 155 Å². The fourth-order valence-electron chi connectivity index (χ4n) is 3.23. The maximum absolute atomic E-state index is 6.14. The highest BCUT2D eigenvalue weighted by Gasteiger charge is 2.30. The van der Waals surface area contributed by atoms with E-state index in [9.17, 15) is 0 Å². The monoisotopic (exact) mass is 361 g/mol. The molecular weight excluding hydrogens is 346 g/mol. The van der Waals surface area contributed by atoms with E-state index in [2.05, 4.69) is 10.2 Å². The molecule has 6 heteroatoms. The number of rotatable bonds is 3. The normalized spacial score (nSPS) is 14.1. The smallest absolute Gasteiger partial charge is 0.165 e. The van der Waals surface area contributed by atoms with Gasteiger partial charge in [-0.15, -0.1) is 0 Å². The molecule has 0 N–H and O–H groups in total. The zero-order valence-electron chi connectivity index (χ0n) is 14.2. The summed E-state index contributed by atoms with van der Waals surface area (Å²) in [6, 6.07) is 13.8. The van der Waals surface area contributed by atoms with E-state index in [1.165, 1.54) is 0 Å². The zero-order chi connectivity index (χ0) is 17.7. The molecule has 0 spiro atoms. The van der Waals surface area contributed by atoms with Gasteiger partial charge in [-0.25, -0.2) is 9.67 Å². The molecule has 5 nitrogen and oxygen atoms in total. The lowest BCUT2D eigenvalue weighted by molar-refractivity contribution is 0.834. The highest BCUT2D eigenvalue weighted by Crippen LogP contribution is 2.40. The third-order valence-corrected chi connectivity index (χ3v) is 4.98. The largest absolute Gasteiger partial charge is 0.213 e. The van der Waals surface area contributed by atoms with Crippen molar-refractivity contribution >= 4 is 22.5 Å². The minimum Gasteiger partial charge on any atom is -0.213 e. The summed E-state index contributed by atoms with van der Waals surface area (Å²) in [5, 5.41) is 15.0. The molecule has 1 saturated carbocycles. The number of hydrogen-bond acceptors (Lipinski definition) is 4. The Morgan fingerprint density at radius 3 is 2.77 bits per heavy atom. The summed E-state index contributed by atoms with van der Waals surface area (Å²) < 4.78 is 1.92. The first-order valence-electron chi connectivity index (χ1n) is 8.65. The van der Waals surface area contributed by atoms with E-state index >= 15 is 0 Å². The minimum atomic E-state index is 0.462. The maximum atomic E-state index is 6.14. The Morgan fingerprint density at radius 1 is 1.12 bits per heavy atom. The van der Waals surface area contributed by atoms with Gasteiger partial charge in [-0.05, 0) is 49.6 Å². The summed E-state index contributed by atoms with van der Waals surface area (Å²) in [6.07, 6.45) is 4.07. The summed E-state index contributed by atoms with van der Waals surface area (Å²) in [5.74, 6) is 2.15. The fourth-order valence-corrected chi connectivity index (χ4v) is 3.45. The topological polar surface area (TPSA) is 56.5 Å². The Bertz CT molecular complexity index is 1120. The van der Waals surface area contributed by atoms with Crippen LogP contribution in [-0.4, -0.2) is 25.0 Å². The van der Waals surface area contributed by atoms with Gasteiger partial charge in [-0.3, -0.25) is 0 Å². The summed E-state index contributed by atoms with van der Waals surface area (Å²) >= 11 is 6.14. The van der Waals surface area contributed by atoms with Gasteiger partial charge in [-0.2, -0.15) is 15.3 Å². The fraction of sp³-hybridized carbons (Fsp3) is 0.200. The second-order valence-electron chi connectivity index (χ2n) is 6.69. The van der Waals surface area contributed by atoms with Gasteiger partial charge >= 0.3 is 0 Å². The highest BCUT2D eigenvalue weighted by atomic mass is 35.5. The SMILES string of the molecule is Cc1cc(Cl)ccc1-n1nc(C2CC2)nc1-c1cnnc2ccccc12. The van der Waals surface area contributed by atoms with Gasteiger partial charge in [0.05, 0.1) is 17.4 Å². The number of aromatic nitrogens is 5. The molecule has 0 saturated heterocycles. The Morgan fingerprint density at radius 2 is 1.96 bits per heavy atom. The lowest BCUT2D eigenvalue weighted by atomic mass is 10.1. The van der Waals surface area contributed by atoms with Crippen molar-refractivity contribution in [3.8, 4) is 17.1 Å². The van der Waals surface area contributed by atoms with E-state index in [0.717, 1.165) is 52.2 Å². The Balaban J connectivity index is 1.78. The van der Waals surface area contributed by atoms with Crippen molar-refractivity contribution < 1.29 is 0 Å². The first-order chi connectivity index (χ1) is 12.7. The molecule has 0 bridgehead atoms. The molecule has 26 heavy (non-hydrogen) atoms. The van der Waals surface area contributed by atoms with Crippen LogP contribution in [0.15, 0.2) is 48.7 Å². The predicted octanol–water partition coefficient (Wildman–Crippen LogP) is 4.72. The van der Waals surface area contributed by atoms with Crippen LogP contribution in [0, 0.1) is 6.92 Å². The molecule has 2 aromatic carbocycles. The predicted molar refractivity (Wildman–Crippen MR) is 102 cm³/mol. The van der Waals surface area contributed by atoms with E-state index in [4.69, 9.17) is 21.7 Å². The first-order valence-corrected chi connectivity index (χ1v) is 9.03. The van der Waals surface area contributed by atoms with Crippen LogP contribution >= 0.6 is 11.6 Å². The van der Waals surface area contributed by atoms with Crippen LogP contribution in [0.1, 0.15) is 30.1 Å². The van der Waals surface area contributed by atoms with Crippen LogP contribution in [-0.2, 0) is 0 Å². The standard InChI is InChI=1S/C20H16ClN5/c1-12-10-14(21)8-9-18(12)26-20(23-19(25-26)13-6-7-13)16-11-22-24-17-5-3-2-4-15(16)17/h2-5,8-11,13H,6-7H2,1H3. The van der Waals surface area contributed by atoms with E-state index in [1.54, 1.807) is 6.20 Å². The van der Waals surface area contributed by atoms with Gasteiger partial charge in [0, 0.05) is 21.9 Å². The molecule has 128 valence electrons. The van der Waals surface area contributed by atoms with Crippen LogP contribution in [0.3, 0.4) is 0 Å². The number of halogens is 1. The molecule has 5 rings (SSSR count). The molecule has 0 aliphatic heterocycles. The molecule has 4 aromatic rings. The number of fused-ring (bicyclic) bond motifs is 1. The molecule has 1 aliphatic rings. The van der Waals surface area contributed by atoms with Crippen LogP contribution in [0.4, 0.5) is 0 Å². The lowest BCUT2D eigenvalue weighted by Gasteiger charge is -2.10.